The molecule has 0 fully saturated rings. The highest BCUT2D eigenvalue weighted by Crippen LogP contribution is 2.33. The Labute approximate surface area is 124 Å². The Balaban J connectivity index is 2.24. The highest BCUT2D eigenvalue weighted by Gasteiger charge is 2.16. The molecule has 1 aromatic heterocycles. The predicted molar refractivity (Wildman–Crippen MR) is 75.2 cm³/mol. The van der Waals surface area contributed by atoms with Crippen LogP contribution in [0.2, 0.25) is 15.1 Å². The van der Waals surface area contributed by atoms with Gasteiger partial charge in [-0.25, -0.2) is 4.98 Å². The van der Waals surface area contributed by atoms with E-state index >= 15 is 0 Å². The molecule has 1 heterocycles. The van der Waals surface area contributed by atoms with Crippen LogP contribution in [-0.4, -0.2) is 21.1 Å². The maximum absolute atomic E-state index is 11.9. The number of carbonyl (C=O) groups excluding carboxylic acids is 1. The van der Waals surface area contributed by atoms with E-state index in [0.29, 0.717) is 17.3 Å². The number of aromatic nitrogens is 3. The van der Waals surface area contributed by atoms with Gasteiger partial charge in [0.2, 0.25) is 5.82 Å². The Bertz CT molecular complexity index is 603. The molecule has 2 N–H and O–H groups in total. The fourth-order valence-electron chi connectivity index (χ4n) is 1.39. The van der Waals surface area contributed by atoms with E-state index < -0.39 is 5.91 Å². The van der Waals surface area contributed by atoms with Crippen LogP contribution in [-0.2, 0) is 6.42 Å². The molecule has 0 aliphatic heterocycles. The molecular weight excluding hydrogens is 311 g/mol. The van der Waals surface area contributed by atoms with Gasteiger partial charge in [-0.05, 0) is 12.1 Å². The minimum absolute atomic E-state index is 0.0268. The molecule has 1 amide bonds. The van der Waals surface area contributed by atoms with Gasteiger partial charge in [0, 0.05) is 11.4 Å². The maximum Gasteiger partial charge on any atom is 0.295 e. The number of aryl methyl sites for hydroxylation is 1. The van der Waals surface area contributed by atoms with Crippen molar-refractivity contribution >= 4 is 46.4 Å². The van der Waals surface area contributed by atoms with Crippen LogP contribution in [0.15, 0.2) is 12.1 Å². The van der Waals surface area contributed by atoms with Crippen LogP contribution < -0.4 is 5.32 Å². The van der Waals surface area contributed by atoms with E-state index in [1.54, 1.807) is 0 Å². The molecule has 0 unspecified atom stereocenters. The van der Waals surface area contributed by atoms with Gasteiger partial charge in [0.15, 0.2) is 0 Å². The maximum atomic E-state index is 11.9. The Morgan fingerprint density at radius 1 is 1.32 bits per heavy atom. The molecule has 2 rings (SSSR count). The first-order chi connectivity index (χ1) is 9.01. The van der Waals surface area contributed by atoms with Crippen molar-refractivity contribution in [1.82, 2.24) is 15.2 Å². The van der Waals surface area contributed by atoms with E-state index in [1.165, 1.54) is 12.1 Å². The summed E-state index contributed by atoms with van der Waals surface area (Å²) in [4.78, 5) is 15.9. The average Bonchev–Trinajstić information content (AvgIpc) is 2.82. The standard InChI is InChI=1S/C11H9Cl3N4O/c1-2-8-15-10(18-17-8)11(19)16-9-6(13)3-5(12)4-7(9)14/h3-4H,2H2,1H3,(H,16,19)(H,15,17,18). The van der Waals surface area contributed by atoms with E-state index in [0.717, 1.165) is 0 Å². The number of nitrogens with zero attached hydrogens (tertiary/aromatic N) is 2. The van der Waals surface area contributed by atoms with Gasteiger partial charge in [0.05, 0.1) is 15.7 Å². The van der Waals surface area contributed by atoms with Crippen LogP contribution in [0.5, 0.6) is 0 Å². The number of hydrogen-bond donors (Lipinski definition) is 2. The first-order valence-electron chi connectivity index (χ1n) is 5.38. The zero-order chi connectivity index (χ0) is 14.0. The molecule has 0 spiro atoms. The highest BCUT2D eigenvalue weighted by atomic mass is 35.5. The van der Waals surface area contributed by atoms with Crippen LogP contribution in [0.4, 0.5) is 5.69 Å². The van der Waals surface area contributed by atoms with E-state index in [4.69, 9.17) is 34.8 Å². The SMILES string of the molecule is CCc1nc(C(=O)Nc2c(Cl)cc(Cl)cc2Cl)n[nH]1. The zero-order valence-electron chi connectivity index (χ0n) is 9.80. The summed E-state index contributed by atoms with van der Waals surface area (Å²) < 4.78 is 0. The van der Waals surface area contributed by atoms with Gasteiger partial charge >= 0.3 is 0 Å². The Morgan fingerprint density at radius 2 is 1.95 bits per heavy atom. The lowest BCUT2D eigenvalue weighted by molar-refractivity contribution is 0.101. The summed E-state index contributed by atoms with van der Waals surface area (Å²) in [6.07, 6.45) is 0.655. The molecule has 0 aliphatic carbocycles. The third kappa shape index (κ3) is 3.18. The van der Waals surface area contributed by atoms with Crippen molar-refractivity contribution in [1.29, 1.82) is 0 Å². The summed E-state index contributed by atoms with van der Waals surface area (Å²) in [6, 6.07) is 2.97. The molecule has 100 valence electrons. The second-order valence-corrected chi connectivity index (χ2v) is 4.91. The normalized spacial score (nSPS) is 10.5. The van der Waals surface area contributed by atoms with Crippen LogP contribution in [0.3, 0.4) is 0 Å². The molecular formula is C11H9Cl3N4O. The summed E-state index contributed by atoms with van der Waals surface area (Å²) in [6.45, 7) is 1.90. The molecule has 1 aromatic carbocycles. The Kier molecular flexibility index (Phi) is 4.29. The second-order valence-electron chi connectivity index (χ2n) is 3.66. The Hall–Kier alpha value is -1.30. The lowest BCUT2D eigenvalue weighted by Crippen LogP contribution is -2.14. The number of anilines is 1. The molecule has 0 saturated carbocycles. The number of rotatable bonds is 3. The zero-order valence-corrected chi connectivity index (χ0v) is 12.1. The van der Waals surface area contributed by atoms with Crippen molar-refractivity contribution in [2.75, 3.05) is 5.32 Å². The van der Waals surface area contributed by atoms with Crippen molar-refractivity contribution in [3.8, 4) is 0 Å². The molecule has 0 radical (unpaired) electrons. The fourth-order valence-corrected chi connectivity index (χ4v) is 2.30. The quantitative estimate of drug-likeness (QED) is 0.908. The number of H-pyrrole nitrogens is 1. The molecule has 8 heteroatoms. The number of nitrogens with one attached hydrogen (secondary N) is 2. The number of benzene rings is 1. The third-order valence-corrected chi connectivity index (χ3v) is 3.13. The summed E-state index contributed by atoms with van der Waals surface area (Å²) >= 11 is 17.7. The first-order valence-corrected chi connectivity index (χ1v) is 6.51. The van der Waals surface area contributed by atoms with Crippen LogP contribution >= 0.6 is 34.8 Å². The van der Waals surface area contributed by atoms with Gasteiger partial charge < -0.3 is 5.32 Å². The predicted octanol–water partition coefficient (Wildman–Crippen LogP) is 3.58. The van der Waals surface area contributed by atoms with Gasteiger partial charge in [-0.2, -0.15) is 0 Å². The van der Waals surface area contributed by atoms with E-state index in [9.17, 15) is 4.79 Å². The summed E-state index contributed by atoms with van der Waals surface area (Å²) in [5, 5.41) is 9.89. The fraction of sp³-hybridized carbons (Fsp3) is 0.182. The van der Waals surface area contributed by atoms with E-state index in [1.807, 2.05) is 6.92 Å². The summed E-state index contributed by atoms with van der Waals surface area (Å²) in [7, 11) is 0. The Morgan fingerprint density at radius 3 is 2.47 bits per heavy atom. The minimum atomic E-state index is -0.498. The van der Waals surface area contributed by atoms with Crippen molar-refractivity contribution in [2.24, 2.45) is 0 Å². The number of halogens is 3. The third-order valence-electron chi connectivity index (χ3n) is 2.32. The van der Waals surface area contributed by atoms with Crippen molar-refractivity contribution in [2.45, 2.75) is 13.3 Å². The van der Waals surface area contributed by atoms with Crippen LogP contribution in [0.25, 0.3) is 0 Å². The highest BCUT2D eigenvalue weighted by molar-refractivity contribution is 6.42. The van der Waals surface area contributed by atoms with Crippen molar-refractivity contribution in [3.63, 3.8) is 0 Å². The van der Waals surface area contributed by atoms with Crippen molar-refractivity contribution < 1.29 is 4.79 Å². The molecule has 5 nitrogen and oxygen atoms in total. The molecule has 0 bridgehead atoms. The summed E-state index contributed by atoms with van der Waals surface area (Å²) in [5.41, 5.74) is 0.278. The van der Waals surface area contributed by atoms with E-state index in [-0.39, 0.29) is 21.6 Å². The minimum Gasteiger partial charge on any atom is -0.317 e. The smallest absolute Gasteiger partial charge is 0.295 e. The molecule has 0 atom stereocenters. The van der Waals surface area contributed by atoms with E-state index in [2.05, 4.69) is 20.5 Å². The summed E-state index contributed by atoms with van der Waals surface area (Å²) in [5.74, 6) is 0.152. The lowest BCUT2D eigenvalue weighted by atomic mass is 10.3. The number of carbonyl (C=O) groups is 1. The average molecular weight is 320 g/mol. The van der Waals surface area contributed by atoms with Crippen LogP contribution in [0, 0.1) is 0 Å². The van der Waals surface area contributed by atoms with Gasteiger partial charge in [0.1, 0.15) is 5.82 Å². The molecule has 0 aliphatic rings. The van der Waals surface area contributed by atoms with Gasteiger partial charge in [-0.1, -0.05) is 41.7 Å². The first kappa shape index (κ1) is 14.1. The van der Waals surface area contributed by atoms with Crippen molar-refractivity contribution in [3.05, 3.63) is 38.8 Å². The molecule has 2 aromatic rings. The second kappa shape index (κ2) is 5.77. The number of hydrogen-bond acceptors (Lipinski definition) is 3. The van der Waals surface area contributed by atoms with Crippen LogP contribution in [0.1, 0.15) is 23.4 Å². The van der Waals surface area contributed by atoms with Gasteiger partial charge in [0.25, 0.3) is 5.91 Å². The topological polar surface area (TPSA) is 70.7 Å². The molecule has 0 saturated heterocycles. The number of aromatic amines is 1. The molecule has 19 heavy (non-hydrogen) atoms. The lowest BCUT2D eigenvalue weighted by Gasteiger charge is -2.08. The van der Waals surface area contributed by atoms with Gasteiger partial charge in [-0.3, -0.25) is 9.89 Å². The number of amides is 1. The largest absolute Gasteiger partial charge is 0.317 e. The van der Waals surface area contributed by atoms with Gasteiger partial charge in [-0.15, -0.1) is 5.10 Å². The monoisotopic (exact) mass is 318 g/mol.